The molecule has 18 heteroatoms. The molecule has 2 rings (SSSR count). The van der Waals surface area contributed by atoms with Gasteiger partial charge in [0.2, 0.25) is 5.95 Å². The van der Waals surface area contributed by atoms with Crippen LogP contribution in [-0.2, 0) is 43.4 Å². The van der Waals surface area contributed by atoms with Crippen molar-refractivity contribution in [1.82, 2.24) is 15.3 Å². The van der Waals surface area contributed by atoms with Crippen molar-refractivity contribution in [3.63, 3.8) is 0 Å². The fraction of sp³-hybridized carbons (Fsp3) is 0.650. The second kappa shape index (κ2) is 31.7. The molecule has 1 aromatic heterocycles. The third kappa shape index (κ3) is 25.9. The number of anilines is 1. The number of aromatic nitrogens is 2. The molecule has 1 amide bonds. The monoisotopic (exact) mass is 838 g/mol. The minimum absolute atomic E-state index is 0.00772. The minimum atomic E-state index is -4.02. The number of rotatable bonds is 38. The third-order valence-corrected chi connectivity index (χ3v) is 9.89. The lowest BCUT2D eigenvalue weighted by atomic mass is 10.0. The minimum Gasteiger partial charge on any atom is -0.494 e. The highest BCUT2D eigenvalue weighted by Crippen LogP contribution is 2.20. The molecule has 58 heavy (non-hydrogen) atoms. The number of Topliss-reactive ketones (excluding diaryl/α,β-unsaturated/α-hetero) is 1. The summed E-state index contributed by atoms with van der Waals surface area (Å²) in [7, 11) is -4.02. The Bertz CT molecular complexity index is 1560. The van der Waals surface area contributed by atoms with Gasteiger partial charge in [0.05, 0.1) is 50.1 Å². The quantitative estimate of drug-likeness (QED) is 0.0617. The molecular weight excluding hydrogens is 777 g/mol. The fourth-order valence-corrected chi connectivity index (χ4v) is 6.48. The van der Waals surface area contributed by atoms with E-state index in [0.29, 0.717) is 25.4 Å². The van der Waals surface area contributed by atoms with Gasteiger partial charge < -0.3 is 39.2 Å². The number of carboxylic acid groups (broad SMARTS) is 2. The van der Waals surface area contributed by atoms with Gasteiger partial charge in [-0.3, -0.25) is 14.4 Å². The molecule has 0 fully saturated rings. The van der Waals surface area contributed by atoms with Gasteiger partial charge in [0, 0.05) is 44.5 Å². The maximum Gasteiger partial charge on any atom is 0.329 e. The molecule has 326 valence electrons. The molecule has 0 saturated heterocycles. The molecule has 2 aromatic rings. The summed E-state index contributed by atoms with van der Waals surface area (Å²) < 4.78 is 55.0. The highest BCUT2D eigenvalue weighted by atomic mass is 32.2. The highest BCUT2D eigenvalue weighted by Gasteiger charge is 2.17. The van der Waals surface area contributed by atoms with Gasteiger partial charge in [-0.2, -0.15) is 0 Å². The lowest BCUT2D eigenvalue weighted by molar-refractivity contribution is -0.143. The van der Waals surface area contributed by atoms with Crippen LogP contribution < -0.4 is 14.8 Å². The third-order valence-electron chi connectivity index (χ3n) is 8.57. The Balaban J connectivity index is 1.51. The summed E-state index contributed by atoms with van der Waals surface area (Å²) in [6.45, 7) is 1.63. The number of benzene rings is 1. The van der Waals surface area contributed by atoms with E-state index in [4.69, 9.17) is 33.9 Å². The van der Waals surface area contributed by atoms with Gasteiger partial charge in [0.25, 0.3) is 15.9 Å². The second-order valence-electron chi connectivity index (χ2n) is 13.6. The number of aliphatic carboxylic acids is 2. The van der Waals surface area contributed by atoms with E-state index >= 15 is 0 Å². The molecule has 0 spiro atoms. The van der Waals surface area contributed by atoms with Crippen LogP contribution in [0.1, 0.15) is 113 Å². The summed E-state index contributed by atoms with van der Waals surface area (Å²) in [5.41, 5.74) is 0.131. The normalized spacial score (nSPS) is 11.3. The number of nitrogens with zero attached hydrogens (tertiary/aromatic N) is 2. The molecule has 17 nitrogen and oxygen atoms in total. The predicted octanol–water partition coefficient (Wildman–Crippen LogP) is 5.43. The Morgan fingerprint density at radius 1 is 0.603 bits per heavy atom. The zero-order valence-corrected chi connectivity index (χ0v) is 34.4. The summed E-state index contributed by atoms with van der Waals surface area (Å²) in [5, 5.41) is 19.8. The van der Waals surface area contributed by atoms with Crippen LogP contribution in [0.5, 0.6) is 5.75 Å². The standard InChI is InChI=1S/C40H62N4O13S/c45-34(16-15-21-53-24-27-56-32-38(48)49)31-55-26-25-54-23-20-41-39(50)33-29-42-40(43-30-33)44-58(51,52)36-18-14-17-35(28-36)57-22-13-11-9-7-5-3-1-2-4-6-8-10-12-19-37(46)47/h14,17-18,28-30H,1-13,15-16,19-27,31-32H2,(H,41,50)(H,46,47)(H,48,49)(H,42,43,44). The van der Waals surface area contributed by atoms with Crippen LogP contribution in [0.25, 0.3) is 0 Å². The Hall–Kier alpha value is -4.23. The van der Waals surface area contributed by atoms with Gasteiger partial charge in [-0.15, -0.1) is 0 Å². The molecule has 0 saturated carbocycles. The SMILES string of the molecule is O=C(O)CCCCCCCCCCCCCCCOc1cccc(S(=O)(=O)Nc2ncc(C(=O)NCCOCCOCC(=O)CCCOCCOCC(=O)O)cn2)c1. The summed E-state index contributed by atoms with van der Waals surface area (Å²) in [6.07, 6.45) is 17.9. The van der Waals surface area contributed by atoms with Gasteiger partial charge >= 0.3 is 11.9 Å². The highest BCUT2D eigenvalue weighted by molar-refractivity contribution is 7.92. The van der Waals surface area contributed by atoms with Gasteiger partial charge in [-0.25, -0.2) is 27.9 Å². The van der Waals surface area contributed by atoms with E-state index in [-0.39, 0.29) is 87.8 Å². The Kier molecular flexibility index (Phi) is 27.3. The van der Waals surface area contributed by atoms with Crippen LogP contribution in [-0.4, -0.2) is 118 Å². The smallest absolute Gasteiger partial charge is 0.329 e. The molecule has 0 unspecified atom stereocenters. The van der Waals surface area contributed by atoms with E-state index in [2.05, 4.69) is 20.0 Å². The Morgan fingerprint density at radius 3 is 1.79 bits per heavy atom. The van der Waals surface area contributed by atoms with Crippen LogP contribution in [0.3, 0.4) is 0 Å². The maximum absolute atomic E-state index is 13.0. The maximum atomic E-state index is 13.0. The number of amides is 1. The Morgan fingerprint density at radius 2 is 1.17 bits per heavy atom. The predicted molar refractivity (Wildman–Crippen MR) is 215 cm³/mol. The number of carboxylic acids is 2. The van der Waals surface area contributed by atoms with Crippen molar-refractivity contribution in [2.75, 3.05) is 70.7 Å². The van der Waals surface area contributed by atoms with Gasteiger partial charge in [0.15, 0.2) is 5.78 Å². The van der Waals surface area contributed by atoms with Crippen LogP contribution in [0, 0.1) is 0 Å². The molecule has 0 aliphatic carbocycles. The fourth-order valence-electron chi connectivity index (χ4n) is 5.49. The van der Waals surface area contributed by atoms with E-state index in [1.165, 1.54) is 69.5 Å². The van der Waals surface area contributed by atoms with Crippen LogP contribution in [0.2, 0.25) is 0 Å². The number of hydrogen-bond donors (Lipinski definition) is 4. The summed E-state index contributed by atoms with van der Waals surface area (Å²) in [5.74, 6) is -2.05. The van der Waals surface area contributed by atoms with E-state index in [0.717, 1.165) is 38.5 Å². The topological polar surface area (TPSA) is 239 Å². The van der Waals surface area contributed by atoms with E-state index in [1.54, 1.807) is 12.1 Å². The summed E-state index contributed by atoms with van der Waals surface area (Å²) in [4.78, 5) is 53.1. The van der Waals surface area contributed by atoms with Gasteiger partial charge in [-0.05, 0) is 31.4 Å². The lowest BCUT2D eigenvalue weighted by Crippen LogP contribution is -2.28. The largest absolute Gasteiger partial charge is 0.494 e. The number of sulfonamides is 1. The zero-order valence-electron chi connectivity index (χ0n) is 33.5. The first-order valence-corrected chi connectivity index (χ1v) is 21.7. The molecule has 0 atom stereocenters. The number of ether oxygens (including phenoxy) is 5. The summed E-state index contributed by atoms with van der Waals surface area (Å²) in [6, 6.07) is 6.20. The molecule has 0 aliphatic heterocycles. The van der Waals surface area contributed by atoms with Crippen LogP contribution in [0.4, 0.5) is 5.95 Å². The molecule has 0 radical (unpaired) electrons. The van der Waals surface area contributed by atoms with E-state index in [9.17, 15) is 27.6 Å². The summed E-state index contributed by atoms with van der Waals surface area (Å²) >= 11 is 0. The van der Waals surface area contributed by atoms with Crippen molar-refractivity contribution in [2.45, 2.75) is 108 Å². The number of carbonyl (C=O) groups excluding carboxylic acids is 2. The molecule has 4 N–H and O–H groups in total. The average molecular weight is 839 g/mol. The first-order valence-electron chi connectivity index (χ1n) is 20.2. The van der Waals surface area contributed by atoms with Crippen molar-refractivity contribution in [2.24, 2.45) is 0 Å². The number of carbonyl (C=O) groups is 4. The van der Waals surface area contributed by atoms with Gasteiger partial charge in [0.1, 0.15) is 19.0 Å². The van der Waals surface area contributed by atoms with Crippen LogP contribution >= 0.6 is 0 Å². The lowest BCUT2D eigenvalue weighted by Gasteiger charge is -2.10. The number of hydrogen-bond acceptors (Lipinski definition) is 13. The molecule has 0 bridgehead atoms. The van der Waals surface area contributed by atoms with Crippen molar-refractivity contribution < 1.29 is 61.5 Å². The average Bonchev–Trinajstić information content (AvgIpc) is 3.19. The zero-order chi connectivity index (χ0) is 42.1. The number of nitrogens with one attached hydrogen (secondary N) is 2. The van der Waals surface area contributed by atoms with Crippen LogP contribution in [0.15, 0.2) is 41.6 Å². The van der Waals surface area contributed by atoms with Crippen molar-refractivity contribution in [3.8, 4) is 5.75 Å². The van der Waals surface area contributed by atoms with E-state index in [1.807, 2.05) is 0 Å². The van der Waals surface area contributed by atoms with E-state index < -0.39 is 27.9 Å². The molecular formula is C40H62N4O13S. The number of unbranched alkanes of at least 4 members (excludes halogenated alkanes) is 12. The van der Waals surface area contributed by atoms with Gasteiger partial charge in [-0.1, -0.05) is 76.7 Å². The van der Waals surface area contributed by atoms with Crippen molar-refractivity contribution in [1.29, 1.82) is 0 Å². The van der Waals surface area contributed by atoms with Crippen molar-refractivity contribution >= 4 is 39.6 Å². The number of ketones is 1. The molecule has 0 aliphatic rings. The molecule has 1 heterocycles. The first-order chi connectivity index (χ1) is 28.1. The Labute approximate surface area is 342 Å². The second-order valence-corrected chi connectivity index (χ2v) is 15.3. The molecule has 1 aromatic carbocycles. The van der Waals surface area contributed by atoms with Crippen molar-refractivity contribution in [3.05, 3.63) is 42.2 Å². The first kappa shape index (κ1) is 49.9.